The molecule has 0 fully saturated rings. The highest BCUT2D eigenvalue weighted by Gasteiger charge is 2.32. The Labute approximate surface area is 122 Å². The molecule has 2 aromatic rings. The van der Waals surface area contributed by atoms with Gasteiger partial charge in [0.15, 0.2) is 0 Å². The van der Waals surface area contributed by atoms with E-state index in [1.165, 1.54) is 12.1 Å². The van der Waals surface area contributed by atoms with Crippen LogP contribution < -0.4 is 10.5 Å². The number of nitro benzene ring substituents is 1. The van der Waals surface area contributed by atoms with Crippen LogP contribution in [0.2, 0.25) is 0 Å². The van der Waals surface area contributed by atoms with Gasteiger partial charge in [0.2, 0.25) is 0 Å². The highest BCUT2D eigenvalue weighted by Crippen LogP contribution is 2.30. The lowest BCUT2D eigenvalue weighted by molar-refractivity contribution is -0.384. The van der Waals surface area contributed by atoms with E-state index in [4.69, 9.17) is 10.5 Å². The molecule has 0 spiro atoms. The second kappa shape index (κ2) is 5.18. The van der Waals surface area contributed by atoms with Crippen LogP contribution in [-0.4, -0.2) is 17.1 Å². The van der Waals surface area contributed by atoms with Crippen LogP contribution in [0.4, 0.5) is 5.69 Å². The van der Waals surface area contributed by atoms with Gasteiger partial charge in [-0.3, -0.25) is 10.1 Å². The third kappa shape index (κ3) is 2.87. The Bertz CT molecular complexity index is 669. The van der Waals surface area contributed by atoms with E-state index in [0.717, 1.165) is 23.3 Å². The summed E-state index contributed by atoms with van der Waals surface area (Å²) in [4.78, 5) is 10.3. The molecule has 2 N–H and O–H groups in total. The lowest BCUT2D eigenvalue weighted by Gasteiger charge is -2.34. The topological polar surface area (TPSA) is 78.4 Å². The first-order valence-electron chi connectivity index (χ1n) is 6.79. The summed E-state index contributed by atoms with van der Waals surface area (Å²) in [5.74, 6) is 0.891. The Morgan fingerprint density at radius 2 is 1.90 bits per heavy atom. The highest BCUT2D eigenvalue weighted by atomic mass is 16.6. The molecule has 5 heteroatoms. The zero-order valence-electron chi connectivity index (χ0n) is 11.5. The number of ether oxygens (including phenoxy) is 1. The van der Waals surface area contributed by atoms with Gasteiger partial charge in [0.05, 0.1) is 10.5 Å². The lowest BCUT2D eigenvalue weighted by Crippen LogP contribution is -2.51. The van der Waals surface area contributed by atoms with E-state index < -0.39 is 10.5 Å². The highest BCUT2D eigenvalue weighted by molar-refractivity contribution is 5.38. The first-order chi connectivity index (χ1) is 10.1. The van der Waals surface area contributed by atoms with Crippen LogP contribution in [0.25, 0.3) is 0 Å². The SMILES string of the molecule is NC1(Cc2ccc([N+](=O)[O-])cc2)COc2ccccc2C1. The van der Waals surface area contributed by atoms with Gasteiger partial charge in [-0.1, -0.05) is 30.3 Å². The number of nitrogens with zero attached hydrogens (tertiary/aromatic N) is 1. The number of para-hydroxylation sites is 1. The normalized spacial score (nSPS) is 20.4. The molecule has 108 valence electrons. The summed E-state index contributed by atoms with van der Waals surface area (Å²) in [6, 6.07) is 14.4. The monoisotopic (exact) mass is 284 g/mol. The van der Waals surface area contributed by atoms with E-state index in [0.29, 0.717) is 13.0 Å². The first-order valence-corrected chi connectivity index (χ1v) is 6.79. The van der Waals surface area contributed by atoms with Gasteiger partial charge in [0.25, 0.3) is 5.69 Å². The van der Waals surface area contributed by atoms with Gasteiger partial charge in [0, 0.05) is 12.1 Å². The summed E-state index contributed by atoms with van der Waals surface area (Å²) in [5.41, 5.74) is 8.14. The molecule has 1 aliphatic rings. The van der Waals surface area contributed by atoms with Crippen LogP contribution in [0.1, 0.15) is 11.1 Å². The summed E-state index contributed by atoms with van der Waals surface area (Å²) in [6.45, 7) is 0.445. The third-order valence-corrected chi connectivity index (χ3v) is 3.73. The summed E-state index contributed by atoms with van der Waals surface area (Å²) in [5, 5.41) is 10.7. The molecular formula is C16H16N2O3. The molecule has 21 heavy (non-hydrogen) atoms. The van der Waals surface area contributed by atoms with Gasteiger partial charge in [0.1, 0.15) is 12.4 Å². The van der Waals surface area contributed by atoms with Crippen molar-refractivity contribution in [1.82, 2.24) is 0 Å². The van der Waals surface area contributed by atoms with Crippen LogP contribution in [0.5, 0.6) is 5.75 Å². The second-order valence-corrected chi connectivity index (χ2v) is 5.54. The van der Waals surface area contributed by atoms with Crippen LogP contribution in [-0.2, 0) is 12.8 Å². The fourth-order valence-electron chi connectivity index (χ4n) is 2.70. The lowest BCUT2D eigenvalue weighted by atomic mass is 9.84. The Balaban J connectivity index is 1.77. The Morgan fingerprint density at radius 3 is 2.62 bits per heavy atom. The maximum Gasteiger partial charge on any atom is 0.269 e. The van der Waals surface area contributed by atoms with Crippen molar-refractivity contribution in [1.29, 1.82) is 0 Å². The smallest absolute Gasteiger partial charge is 0.269 e. The molecule has 0 radical (unpaired) electrons. The average molecular weight is 284 g/mol. The van der Waals surface area contributed by atoms with Gasteiger partial charge in [-0.15, -0.1) is 0 Å². The molecule has 1 unspecified atom stereocenters. The molecule has 0 amide bonds. The quantitative estimate of drug-likeness (QED) is 0.693. The molecule has 1 heterocycles. The van der Waals surface area contributed by atoms with Crippen LogP contribution in [0, 0.1) is 10.1 Å². The number of nitrogens with two attached hydrogens (primary N) is 1. The number of non-ortho nitro benzene ring substituents is 1. The molecular weight excluding hydrogens is 268 g/mol. The van der Waals surface area contributed by atoms with E-state index in [1.54, 1.807) is 12.1 Å². The van der Waals surface area contributed by atoms with Gasteiger partial charge >= 0.3 is 0 Å². The molecule has 0 saturated carbocycles. The summed E-state index contributed by atoms with van der Waals surface area (Å²) >= 11 is 0. The Morgan fingerprint density at radius 1 is 1.19 bits per heavy atom. The summed E-state index contributed by atoms with van der Waals surface area (Å²) in [6.07, 6.45) is 1.36. The fraction of sp³-hybridized carbons (Fsp3) is 0.250. The minimum absolute atomic E-state index is 0.0926. The largest absolute Gasteiger partial charge is 0.491 e. The minimum atomic E-state index is -0.482. The first kappa shape index (κ1) is 13.6. The van der Waals surface area contributed by atoms with Crippen LogP contribution >= 0.6 is 0 Å². The van der Waals surface area contributed by atoms with E-state index in [1.807, 2.05) is 24.3 Å². The van der Waals surface area contributed by atoms with Crippen molar-refractivity contribution in [2.45, 2.75) is 18.4 Å². The number of nitro groups is 1. The van der Waals surface area contributed by atoms with Crippen LogP contribution in [0.15, 0.2) is 48.5 Å². The zero-order chi connectivity index (χ0) is 14.9. The number of hydrogen-bond donors (Lipinski definition) is 1. The molecule has 2 aromatic carbocycles. The zero-order valence-corrected chi connectivity index (χ0v) is 11.5. The minimum Gasteiger partial charge on any atom is -0.491 e. The number of hydrogen-bond acceptors (Lipinski definition) is 4. The van der Waals surface area contributed by atoms with Crippen molar-refractivity contribution >= 4 is 5.69 Å². The molecule has 0 saturated heterocycles. The van der Waals surface area contributed by atoms with Crippen molar-refractivity contribution in [3.8, 4) is 5.75 Å². The van der Waals surface area contributed by atoms with Crippen molar-refractivity contribution < 1.29 is 9.66 Å². The fourth-order valence-corrected chi connectivity index (χ4v) is 2.70. The van der Waals surface area contributed by atoms with E-state index in [2.05, 4.69) is 0 Å². The van der Waals surface area contributed by atoms with Crippen molar-refractivity contribution in [3.63, 3.8) is 0 Å². The summed E-state index contributed by atoms with van der Waals surface area (Å²) in [7, 11) is 0. The number of benzene rings is 2. The average Bonchev–Trinajstić information content (AvgIpc) is 2.47. The van der Waals surface area contributed by atoms with Crippen molar-refractivity contribution in [3.05, 3.63) is 69.8 Å². The van der Waals surface area contributed by atoms with Gasteiger partial charge in [-0.2, -0.15) is 0 Å². The van der Waals surface area contributed by atoms with Crippen LogP contribution in [0.3, 0.4) is 0 Å². The molecule has 1 atom stereocenters. The van der Waals surface area contributed by atoms with Gasteiger partial charge in [-0.25, -0.2) is 0 Å². The third-order valence-electron chi connectivity index (χ3n) is 3.73. The van der Waals surface area contributed by atoms with Gasteiger partial charge in [-0.05, 0) is 30.0 Å². The molecule has 3 rings (SSSR count). The van der Waals surface area contributed by atoms with E-state index in [-0.39, 0.29) is 5.69 Å². The molecule has 1 aliphatic heterocycles. The predicted molar refractivity (Wildman–Crippen MR) is 79.4 cm³/mol. The van der Waals surface area contributed by atoms with Crippen molar-refractivity contribution in [2.24, 2.45) is 5.73 Å². The standard InChI is InChI=1S/C16H16N2O3/c17-16(9-12-5-7-14(8-6-12)18(19)20)10-13-3-1-2-4-15(13)21-11-16/h1-8H,9-11,17H2. The maximum absolute atomic E-state index is 10.7. The Kier molecular flexibility index (Phi) is 3.35. The number of fused-ring (bicyclic) bond motifs is 1. The molecule has 0 aliphatic carbocycles. The van der Waals surface area contributed by atoms with Crippen molar-refractivity contribution in [2.75, 3.05) is 6.61 Å². The number of rotatable bonds is 3. The molecule has 0 bridgehead atoms. The predicted octanol–water partition coefficient (Wildman–Crippen LogP) is 2.47. The van der Waals surface area contributed by atoms with E-state index >= 15 is 0 Å². The molecule has 0 aromatic heterocycles. The Hall–Kier alpha value is -2.40. The van der Waals surface area contributed by atoms with Gasteiger partial charge < -0.3 is 10.5 Å². The van der Waals surface area contributed by atoms with E-state index in [9.17, 15) is 10.1 Å². The molecule has 5 nitrogen and oxygen atoms in total. The second-order valence-electron chi connectivity index (χ2n) is 5.54. The summed E-state index contributed by atoms with van der Waals surface area (Å²) < 4.78 is 5.74. The maximum atomic E-state index is 10.7.